The van der Waals surface area contributed by atoms with Gasteiger partial charge >= 0.3 is 0 Å². The van der Waals surface area contributed by atoms with Crippen LogP contribution in [0, 0.1) is 17.0 Å². The summed E-state index contributed by atoms with van der Waals surface area (Å²) >= 11 is 0. The van der Waals surface area contributed by atoms with Gasteiger partial charge in [-0.15, -0.1) is 0 Å². The van der Waals surface area contributed by atoms with Crippen molar-refractivity contribution in [1.29, 1.82) is 0 Å². The van der Waals surface area contributed by atoms with Crippen molar-refractivity contribution < 1.29 is 13.6 Å². The Morgan fingerprint density at radius 2 is 1.88 bits per heavy atom. The maximum atomic E-state index is 13.0. The van der Waals surface area contributed by atoms with Crippen molar-refractivity contribution in [3.63, 3.8) is 0 Å². The van der Waals surface area contributed by atoms with Gasteiger partial charge in [-0.25, -0.2) is 8.78 Å². The molecule has 1 nitrogen and oxygen atoms in total. The van der Waals surface area contributed by atoms with Crippen molar-refractivity contribution in [2.24, 2.45) is 5.41 Å². The second-order valence-electron chi connectivity index (χ2n) is 4.98. The van der Waals surface area contributed by atoms with E-state index in [0.29, 0.717) is 24.8 Å². The van der Waals surface area contributed by atoms with Crippen LogP contribution < -0.4 is 0 Å². The third-order valence-corrected chi connectivity index (χ3v) is 3.18. The lowest BCUT2D eigenvalue weighted by Crippen LogP contribution is -2.15. The molecule has 1 aromatic carbocycles. The predicted octanol–water partition coefficient (Wildman–Crippen LogP) is 3.27. The third kappa shape index (κ3) is 2.46. The number of halogens is 2. The van der Waals surface area contributed by atoms with Crippen molar-refractivity contribution in [2.45, 2.75) is 32.6 Å². The highest BCUT2D eigenvalue weighted by Gasteiger charge is 2.34. The van der Waals surface area contributed by atoms with Gasteiger partial charge in [-0.3, -0.25) is 4.79 Å². The lowest BCUT2D eigenvalue weighted by atomic mass is 9.82. The van der Waals surface area contributed by atoms with E-state index >= 15 is 0 Å². The summed E-state index contributed by atoms with van der Waals surface area (Å²) < 4.78 is 26.0. The molecule has 16 heavy (non-hydrogen) atoms. The fourth-order valence-electron chi connectivity index (χ4n) is 2.45. The highest BCUT2D eigenvalue weighted by Crippen LogP contribution is 2.38. The number of benzene rings is 1. The fourth-order valence-corrected chi connectivity index (χ4v) is 2.45. The maximum absolute atomic E-state index is 13.0. The molecule has 0 aromatic heterocycles. The van der Waals surface area contributed by atoms with Crippen LogP contribution in [0.3, 0.4) is 0 Å². The first-order valence-electron chi connectivity index (χ1n) is 5.44. The summed E-state index contributed by atoms with van der Waals surface area (Å²) in [6.07, 6.45) is 2.48. The Kier molecular flexibility index (Phi) is 2.78. The van der Waals surface area contributed by atoms with E-state index < -0.39 is 11.6 Å². The molecule has 0 amide bonds. The lowest BCUT2D eigenvalue weighted by molar-refractivity contribution is -0.117. The summed E-state index contributed by atoms with van der Waals surface area (Å²) in [5.41, 5.74) is 0.506. The number of hydrogen-bond acceptors (Lipinski definition) is 1. The van der Waals surface area contributed by atoms with E-state index in [1.165, 1.54) is 12.1 Å². The maximum Gasteiger partial charge on any atom is 0.133 e. The first-order valence-corrected chi connectivity index (χ1v) is 5.44. The molecule has 0 aliphatic heterocycles. The number of carbonyl (C=O) groups is 1. The molecular formula is C13H14F2O. The van der Waals surface area contributed by atoms with Crippen LogP contribution in [0.2, 0.25) is 0 Å². The van der Waals surface area contributed by atoms with E-state index in [1.54, 1.807) is 0 Å². The smallest absolute Gasteiger partial charge is 0.133 e. The van der Waals surface area contributed by atoms with Crippen LogP contribution in [0.5, 0.6) is 0 Å². The quantitative estimate of drug-likeness (QED) is 0.753. The van der Waals surface area contributed by atoms with Crippen molar-refractivity contribution >= 4 is 5.78 Å². The molecule has 1 aliphatic rings. The minimum absolute atomic E-state index is 0.128. The molecule has 1 fully saturated rings. The molecule has 0 bridgehead atoms. The summed E-state index contributed by atoms with van der Waals surface area (Å²) in [6.45, 7) is 2.00. The van der Waals surface area contributed by atoms with E-state index in [9.17, 15) is 13.6 Å². The van der Waals surface area contributed by atoms with Crippen LogP contribution in [0.4, 0.5) is 8.78 Å². The van der Waals surface area contributed by atoms with Gasteiger partial charge in [0.1, 0.15) is 17.4 Å². The van der Waals surface area contributed by atoms with Gasteiger partial charge < -0.3 is 0 Å². The van der Waals surface area contributed by atoms with E-state index in [2.05, 4.69) is 0 Å². The predicted molar refractivity (Wildman–Crippen MR) is 57.0 cm³/mol. The molecule has 1 atom stereocenters. The van der Waals surface area contributed by atoms with Gasteiger partial charge in [0.2, 0.25) is 0 Å². The molecule has 0 radical (unpaired) electrons. The van der Waals surface area contributed by atoms with Crippen molar-refractivity contribution in [3.8, 4) is 0 Å². The lowest BCUT2D eigenvalue weighted by Gasteiger charge is -2.22. The van der Waals surface area contributed by atoms with Gasteiger partial charge in [-0.1, -0.05) is 6.92 Å². The molecule has 1 unspecified atom stereocenters. The van der Waals surface area contributed by atoms with Crippen molar-refractivity contribution in [1.82, 2.24) is 0 Å². The summed E-state index contributed by atoms with van der Waals surface area (Å²) in [5.74, 6) is -0.856. The Balaban J connectivity index is 2.17. The molecule has 1 saturated carbocycles. The number of Topliss-reactive ketones (excluding diaryl/α,β-unsaturated/α-hetero) is 1. The normalized spacial score (nSPS) is 25.1. The summed E-state index contributed by atoms with van der Waals surface area (Å²) in [4.78, 5) is 11.2. The Morgan fingerprint density at radius 1 is 1.25 bits per heavy atom. The molecular weight excluding hydrogens is 210 g/mol. The van der Waals surface area contributed by atoms with Crippen LogP contribution >= 0.6 is 0 Å². The molecule has 1 aromatic rings. The van der Waals surface area contributed by atoms with Gasteiger partial charge in [0.25, 0.3) is 0 Å². The van der Waals surface area contributed by atoms with Gasteiger partial charge in [-0.2, -0.15) is 0 Å². The van der Waals surface area contributed by atoms with E-state index in [4.69, 9.17) is 0 Å². The second-order valence-corrected chi connectivity index (χ2v) is 4.98. The van der Waals surface area contributed by atoms with E-state index in [-0.39, 0.29) is 11.2 Å². The first kappa shape index (κ1) is 11.2. The number of carbonyl (C=O) groups excluding carboxylic acids is 1. The van der Waals surface area contributed by atoms with Crippen LogP contribution in [0.1, 0.15) is 31.7 Å². The molecule has 0 spiro atoms. The number of rotatable bonds is 2. The van der Waals surface area contributed by atoms with E-state index in [0.717, 1.165) is 12.5 Å². The first-order chi connectivity index (χ1) is 7.47. The zero-order chi connectivity index (χ0) is 11.8. The van der Waals surface area contributed by atoms with Crippen LogP contribution in [-0.2, 0) is 11.2 Å². The molecule has 0 heterocycles. The van der Waals surface area contributed by atoms with Crippen LogP contribution in [0.15, 0.2) is 18.2 Å². The van der Waals surface area contributed by atoms with Gasteiger partial charge in [0.05, 0.1) is 0 Å². The van der Waals surface area contributed by atoms with Gasteiger partial charge in [0, 0.05) is 18.9 Å². The fraction of sp³-hybridized carbons (Fsp3) is 0.462. The van der Waals surface area contributed by atoms with Crippen molar-refractivity contribution in [3.05, 3.63) is 35.4 Å². The Hall–Kier alpha value is -1.25. The van der Waals surface area contributed by atoms with Crippen LogP contribution in [0.25, 0.3) is 0 Å². The molecule has 3 heteroatoms. The third-order valence-electron chi connectivity index (χ3n) is 3.18. The summed E-state index contributed by atoms with van der Waals surface area (Å²) in [5, 5.41) is 0. The van der Waals surface area contributed by atoms with Gasteiger partial charge in [-0.05, 0) is 36.0 Å². The average Bonchev–Trinajstić information content (AvgIpc) is 2.43. The second kappa shape index (κ2) is 3.96. The minimum Gasteiger partial charge on any atom is -0.300 e. The summed E-state index contributed by atoms with van der Waals surface area (Å²) in [7, 11) is 0. The Bertz CT molecular complexity index is 408. The number of hydrogen-bond donors (Lipinski definition) is 0. The van der Waals surface area contributed by atoms with E-state index in [1.807, 2.05) is 6.92 Å². The zero-order valence-corrected chi connectivity index (χ0v) is 9.22. The summed E-state index contributed by atoms with van der Waals surface area (Å²) in [6, 6.07) is 3.56. The van der Waals surface area contributed by atoms with Crippen molar-refractivity contribution in [2.75, 3.05) is 0 Å². The highest BCUT2D eigenvalue weighted by molar-refractivity contribution is 5.81. The monoisotopic (exact) mass is 224 g/mol. The Morgan fingerprint density at radius 3 is 2.38 bits per heavy atom. The topological polar surface area (TPSA) is 17.1 Å². The molecule has 86 valence electrons. The number of ketones is 1. The molecule has 0 N–H and O–H groups in total. The SMILES string of the molecule is CC1(Cc2cc(F)cc(F)c2)CCC(=O)C1. The Labute approximate surface area is 93.5 Å². The van der Waals surface area contributed by atoms with Crippen LogP contribution in [-0.4, -0.2) is 5.78 Å². The molecule has 0 saturated heterocycles. The standard InChI is InChI=1S/C13H14F2O/c1-13(3-2-12(16)8-13)7-9-4-10(14)6-11(15)5-9/h4-6H,2-3,7-8H2,1H3. The highest BCUT2D eigenvalue weighted by atomic mass is 19.1. The molecule has 1 aliphatic carbocycles. The minimum atomic E-state index is -0.553. The largest absolute Gasteiger partial charge is 0.300 e. The average molecular weight is 224 g/mol. The zero-order valence-electron chi connectivity index (χ0n) is 9.22. The van der Waals surface area contributed by atoms with Gasteiger partial charge in [0.15, 0.2) is 0 Å². The molecule has 2 rings (SSSR count).